The molecule has 4 rings (SSSR count). The summed E-state index contributed by atoms with van der Waals surface area (Å²) in [6.45, 7) is 1.67. The standard InChI is InChI=1S/C20H18FN3O3/c1-13-6-7-14(10-15(13)21)22-12-20(25)24-17(19-5-3-9-27-19)11-16(23-24)18-4-2-8-26-18/h2-10,17,22H,11-12H2,1H3/t17-/m0/s1. The Morgan fingerprint density at radius 3 is 2.78 bits per heavy atom. The molecule has 0 bridgehead atoms. The maximum atomic E-state index is 13.7. The van der Waals surface area contributed by atoms with E-state index in [2.05, 4.69) is 10.4 Å². The topological polar surface area (TPSA) is 71.0 Å². The van der Waals surface area contributed by atoms with E-state index in [9.17, 15) is 9.18 Å². The lowest BCUT2D eigenvalue weighted by Gasteiger charge is -2.20. The van der Waals surface area contributed by atoms with Crippen LogP contribution in [0.15, 0.2) is 68.9 Å². The molecule has 3 aromatic rings. The average molecular weight is 367 g/mol. The van der Waals surface area contributed by atoms with Gasteiger partial charge in [0.05, 0.1) is 19.1 Å². The molecule has 0 radical (unpaired) electrons. The molecule has 0 fully saturated rings. The predicted molar refractivity (Wildman–Crippen MR) is 97.8 cm³/mol. The van der Waals surface area contributed by atoms with Gasteiger partial charge in [-0.2, -0.15) is 5.10 Å². The summed E-state index contributed by atoms with van der Waals surface area (Å²) < 4.78 is 24.6. The van der Waals surface area contributed by atoms with E-state index in [-0.39, 0.29) is 24.3 Å². The smallest absolute Gasteiger partial charge is 0.262 e. The Balaban J connectivity index is 1.52. The summed E-state index contributed by atoms with van der Waals surface area (Å²) in [5.74, 6) is 0.699. The second kappa shape index (κ2) is 7.11. The minimum atomic E-state index is -0.343. The van der Waals surface area contributed by atoms with Gasteiger partial charge in [0.1, 0.15) is 29.1 Å². The summed E-state index contributed by atoms with van der Waals surface area (Å²) in [6, 6.07) is 11.6. The van der Waals surface area contributed by atoms with Gasteiger partial charge in [-0.15, -0.1) is 0 Å². The minimum absolute atomic E-state index is 0.0192. The summed E-state index contributed by atoms with van der Waals surface area (Å²) in [7, 11) is 0. The molecule has 3 heterocycles. The normalized spacial score (nSPS) is 16.4. The lowest BCUT2D eigenvalue weighted by molar-refractivity contribution is -0.131. The van der Waals surface area contributed by atoms with Crippen molar-refractivity contribution in [1.29, 1.82) is 0 Å². The van der Waals surface area contributed by atoms with Crippen LogP contribution in [0.2, 0.25) is 0 Å². The highest BCUT2D eigenvalue weighted by atomic mass is 19.1. The van der Waals surface area contributed by atoms with Gasteiger partial charge in [-0.1, -0.05) is 6.07 Å². The van der Waals surface area contributed by atoms with E-state index in [1.54, 1.807) is 49.8 Å². The van der Waals surface area contributed by atoms with Crippen molar-refractivity contribution in [3.63, 3.8) is 0 Å². The molecule has 138 valence electrons. The Kier molecular flexibility index (Phi) is 4.50. The monoisotopic (exact) mass is 367 g/mol. The molecule has 1 N–H and O–H groups in total. The molecule has 0 saturated carbocycles. The largest absolute Gasteiger partial charge is 0.467 e. The highest BCUT2D eigenvalue weighted by Gasteiger charge is 2.35. The quantitative estimate of drug-likeness (QED) is 0.737. The van der Waals surface area contributed by atoms with Crippen LogP contribution in [0.25, 0.3) is 0 Å². The summed E-state index contributed by atoms with van der Waals surface area (Å²) in [5.41, 5.74) is 1.77. The molecule has 2 aromatic heterocycles. The number of anilines is 1. The minimum Gasteiger partial charge on any atom is -0.467 e. The first-order valence-corrected chi connectivity index (χ1v) is 8.58. The Hall–Kier alpha value is -3.35. The second-order valence-corrected chi connectivity index (χ2v) is 6.32. The third kappa shape index (κ3) is 3.48. The molecule has 0 spiro atoms. The van der Waals surface area contributed by atoms with E-state index in [1.165, 1.54) is 11.1 Å². The summed E-state index contributed by atoms with van der Waals surface area (Å²) in [5, 5.41) is 8.79. The molecule has 1 atom stereocenters. The van der Waals surface area contributed by atoms with Gasteiger partial charge in [-0.3, -0.25) is 4.79 Å². The van der Waals surface area contributed by atoms with E-state index >= 15 is 0 Å². The predicted octanol–water partition coefficient (Wildman–Crippen LogP) is 4.11. The van der Waals surface area contributed by atoms with Gasteiger partial charge in [0, 0.05) is 12.1 Å². The van der Waals surface area contributed by atoms with Crippen LogP contribution in [0, 0.1) is 12.7 Å². The third-order valence-electron chi connectivity index (χ3n) is 4.46. The van der Waals surface area contributed by atoms with Crippen molar-refractivity contribution in [2.45, 2.75) is 19.4 Å². The molecular formula is C20H18FN3O3. The number of rotatable bonds is 5. The van der Waals surface area contributed by atoms with Gasteiger partial charge in [-0.25, -0.2) is 9.40 Å². The number of halogens is 1. The van der Waals surface area contributed by atoms with Crippen LogP contribution in [-0.4, -0.2) is 23.2 Å². The highest BCUT2D eigenvalue weighted by molar-refractivity contribution is 6.01. The van der Waals surface area contributed by atoms with E-state index in [0.29, 0.717) is 34.9 Å². The van der Waals surface area contributed by atoms with Gasteiger partial charge >= 0.3 is 0 Å². The van der Waals surface area contributed by atoms with Crippen molar-refractivity contribution in [3.8, 4) is 0 Å². The molecule has 1 aliphatic heterocycles. The maximum Gasteiger partial charge on any atom is 0.262 e. The zero-order valence-electron chi connectivity index (χ0n) is 14.7. The Morgan fingerprint density at radius 2 is 2.07 bits per heavy atom. The molecule has 27 heavy (non-hydrogen) atoms. The Labute approximate surface area is 155 Å². The zero-order valence-corrected chi connectivity index (χ0v) is 14.7. The van der Waals surface area contributed by atoms with Crippen molar-refractivity contribution in [3.05, 3.63) is 77.9 Å². The van der Waals surface area contributed by atoms with Crippen molar-refractivity contribution in [2.75, 3.05) is 11.9 Å². The van der Waals surface area contributed by atoms with Crippen molar-refractivity contribution in [2.24, 2.45) is 5.10 Å². The fraction of sp³-hybridized carbons (Fsp3) is 0.200. The molecule has 0 aliphatic carbocycles. The number of carbonyl (C=O) groups is 1. The molecule has 1 aromatic carbocycles. The van der Waals surface area contributed by atoms with Crippen LogP contribution in [0.1, 0.15) is 29.5 Å². The number of nitrogens with one attached hydrogen (secondary N) is 1. The van der Waals surface area contributed by atoms with Gasteiger partial charge in [0.25, 0.3) is 5.91 Å². The molecule has 0 saturated heterocycles. The lowest BCUT2D eigenvalue weighted by Crippen LogP contribution is -2.32. The molecule has 0 unspecified atom stereocenters. The number of amides is 1. The molecule has 1 amide bonds. The molecule has 6 nitrogen and oxygen atoms in total. The first kappa shape index (κ1) is 17.1. The number of nitrogens with zero attached hydrogens (tertiary/aromatic N) is 2. The van der Waals surface area contributed by atoms with Crippen LogP contribution in [-0.2, 0) is 4.79 Å². The maximum absolute atomic E-state index is 13.7. The molecular weight excluding hydrogens is 349 g/mol. The number of benzene rings is 1. The van der Waals surface area contributed by atoms with E-state index in [1.807, 2.05) is 6.07 Å². The number of furan rings is 2. The number of aryl methyl sites for hydroxylation is 1. The summed E-state index contributed by atoms with van der Waals surface area (Å²) in [4.78, 5) is 12.8. The first-order valence-electron chi connectivity index (χ1n) is 8.58. The van der Waals surface area contributed by atoms with Crippen LogP contribution in [0.3, 0.4) is 0 Å². The van der Waals surface area contributed by atoms with Gasteiger partial charge in [0.15, 0.2) is 0 Å². The molecule has 1 aliphatic rings. The Morgan fingerprint density at radius 1 is 1.26 bits per heavy atom. The van der Waals surface area contributed by atoms with Crippen LogP contribution >= 0.6 is 0 Å². The van der Waals surface area contributed by atoms with E-state index in [4.69, 9.17) is 8.83 Å². The molecule has 7 heteroatoms. The fourth-order valence-corrected chi connectivity index (χ4v) is 3.00. The number of carbonyl (C=O) groups excluding carboxylic acids is 1. The second-order valence-electron chi connectivity index (χ2n) is 6.32. The number of hydrogen-bond acceptors (Lipinski definition) is 5. The van der Waals surface area contributed by atoms with Gasteiger partial charge < -0.3 is 14.2 Å². The Bertz CT molecular complexity index is 965. The number of hydrazone groups is 1. The average Bonchev–Trinajstić information content (AvgIpc) is 3.41. The number of hydrogen-bond donors (Lipinski definition) is 1. The van der Waals surface area contributed by atoms with E-state index < -0.39 is 0 Å². The fourth-order valence-electron chi connectivity index (χ4n) is 3.00. The van der Waals surface area contributed by atoms with Crippen molar-refractivity contribution in [1.82, 2.24) is 5.01 Å². The van der Waals surface area contributed by atoms with E-state index in [0.717, 1.165) is 0 Å². The summed E-state index contributed by atoms with van der Waals surface area (Å²) >= 11 is 0. The third-order valence-corrected chi connectivity index (χ3v) is 4.46. The van der Waals surface area contributed by atoms with Crippen LogP contribution in [0.5, 0.6) is 0 Å². The van der Waals surface area contributed by atoms with Crippen LogP contribution < -0.4 is 5.32 Å². The SMILES string of the molecule is Cc1ccc(NCC(=O)N2N=C(c3ccco3)C[C@H]2c2ccco2)cc1F. The summed E-state index contributed by atoms with van der Waals surface area (Å²) in [6.07, 6.45) is 3.62. The lowest BCUT2D eigenvalue weighted by atomic mass is 10.1. The van der Waals surface area contributed by atoms with Gasteiger partial charge in [-0.05, 0) is 48.9 Å². The zero-order chi connectivity index (χ0) is 18.8. The first-order chi connectivity index (χ1) is 13.1. The van der Waals surface area contributed by atoms with Crippen molar-refractivity contribution >= 4 is 17.3 Å². The highest BCUT2D eigenvalue weighted by Crippen LogP contribution is 2.33. The van der Waals surface area contributed by atoms with Crippen molar-refractivity contribution < 1.29 is 18.0 Å². The van der Waals surface area contributed by atoms with Gasteiger partial charge in [0.2, 0.25) is 0 Å². The van der Waals surface area contributed by atoms with Crippen LogP contribution in [0.4, 0.5) is 10.1 Å².